The van der Waals surface area contributed by atoms with Gasteiger partial charge in [0.1, 0.15) is 5.75 Å². The highest BCUT2D eigenvalue weighted by Gasteiger charge is 2.32. The van der Waals surface area contributed by atoms with Crippen LogP contribution >= 0.6 is 0 Å². The summed E-state index contributed by atoms with van der Waals surface area (Å²) in [5, 5.41) is 3.26. The molecule has 1 atom stereocenters. The van der Waals surface area contributed by atoms with E-state index in [0.29, 0.717) is 24.7 Å². The highest BCUT2D eigenvalue weighted by atomic mass is 16.5. The molecule has 1 amide bonds. The van der Waals surface area contributed by atoms with E-state index in [0.717, 1.165) is 17.1 Å². The predicted octanol–water partition coefficient (Wildman–Crippen LogP) is 2.32. The summed E-state index contributed by atoms with van der Waals surface area (Å²) in [6.45, 7) is 4.43. The van der Waals surface area contributed by atoms with Gasteiger partial charge in [-0.2, -0.15) is 0 Å². The fourth-order valence-electron chi connectivity index (χ4n) is 2.86. The molecule has 0 spiro atoms. The Labute approximate surface area is 135 Å². The van der Waals surface area contributed by atoms with E-state index in [2.05, 4.69) is 15.3 Å². The molecule has 6 heteroatoms. The third kappa shape index (κ3) is 3.26. The molecule has 1 saturated heterocycles. The Hall–Kier alpha value is -2.63. The van der Waals surface area contributed by atoms with Crippen molar-refractivity contribution < 1.29 is 9.53 Å². The smallest absolute Gasteiger partial charge is 0.229 e. The van der Waals surface area contributed by atoms with E-state index in [4.69, 9.17) is 4.74 Å². The number of nitrogens with one attached hydrogen (secondary N) is 1. The lowest BCUT2D eigenvalue weighted by molar-refractivity contribution is -0.117. The first-order chi connectivity index (χ1) is 11.1. The van der Waals surface area contributed by atoms with Gasteiger partial charge in [0.25, 0.3) is 0 Å². The van der Waals surface area contributed by atoms with Crippen LogP contribution in [0.5, 0.6) is 5.75 Å². The van der Waals surface area contributed by atoms with Crippen molar-refractivity contribution in [3.05, 3.63) is 41.7 Å². The minimum atomic E-state index is -0.0198. The van der Waals surface area contributed by atoms with E-state index in [1.165, 1.54) is 0 Å². The number of nitrogens with zero attached hydrogens (tertiary/aromatic N) is 3. The zero-order chi connectivity index (χ0) is 16.4. The zero-order valence-corrected chi connectivity index (χ0v) is 13.5. The molecule has 0 radical (unpaired) electrons. The highest BCUT2D eigenvalue weighted by molar-refractivity contribution is 5.97. The van der Waals surface area contributed by atoms with Crippen molar-refractivity contribution >= 4 is 17.5 Å². The summed E-state index contributed by atoms with van der Waals surface area (Å²) in [5.74, 6) is 1.34. The molecule has 0 bridgehead atoms. The maximum Gasteiger partial charge on any atom is 0.229 e. The number of rotatable bonds is 4. The molecule has 120 valence electrons. The van der Waals surface area contributed by atoms with Gasteiger partial charge in [0.2, 0.25) is 11.9 Å². The van der Waals surface area contributed by atoms with Crippen LogP contribution in [0.1, 0.15) is 17.8 Å². The standard InChI is InChI=1S/C17H20N4O2/c1-11-8-12(2)19-17(18-11)20-13-9-16(22)21(10-13)14-6-4-5-7-15(14)23-3/h4-8,13H,9-10H2,1-3H3,(H,18,19,20)/t13-/m0/s1. The van der Waals surface area contributed by atoms with Crippen LogP contribution in [-0.2, 0) is 4.79 Å². The van der Waals surface area contributed by atoms with Crippen LogP contribution in [0.15, 0.2) is 30.3 Å². The quantitative estimate of drug-likeness (QED) is 0.938. The zero-order valence-electron chi connectivity index (χ0n) is 13.5. The van der Waals surface area contributed by atoms with Gasteiger partial charge in [-0.1, -0.05) is 12.1 Å². The number of aryl methyl sites for hydroxylation is 2. The van der Waals surface area contributed by atoms with Gasteiger partial charge < -0.3 is 15.0 Å². The summed E-state index contributed by atoms with van der Waals surface area (Å²) in [5.41, 5.74) is 2.61. The summed E-state index contributed by atoms with van der Waals surface area (Å²) in [6, 6.07) is 9.45. The lowest BCUT2D eigenvalue weighted by atomic mass is 10.2. The highest BCUT2D eigenvalue weighted by Crippen LogP contribution is 2.31. The molecular weight excluding hydrogens is 292 g/mol. The first kappa shape index (κ1) is 15.3. The molecule has 1 aromatic heterocycles. The molecule has 1 fully saturated rings. The second-order valence-electron chi connectivity index (χ2n) is 5.70. The van der Waals surface area contributed by atoms with Crippen molar-refractivity contribution in [1.29, 1.82) is 0 Å². The van der Waals surface area contributed by atoms with E-state index < -0.39 is 0 Å². The van der Waals surface area contributed by atoms with Crippen molar-refractivity contribution in [2.45, 2.75) is 26.3 Å². The number of anilines is 2. The third-order valence-electron chi connectivity index (χ3n) is 3.82. The summed E-state index contributed by atoms with van der Waals surface area (Å²) in [7, 11) is 1.61. The first-order valence-corrected chi connectivity index (χ1v) is 7.59. The second-order valence-corrected chi connectivity index (χ2v) is 5.70. The van der Waals surface area contributed by atoms with Crippen molar-refractivity contribution in [2.75, 3.05) is 23.9 Å². The Bertz CT molecular complexity index is 712. The molecule has 1 aliphatic rings. The maximum absolute atomic E-state index is 12.4. The summed E-state index contributed by atoms with van der Waals surface area (Å²) < 4.78 is 5.35. The van der Waals surface area contributed by atoms with Crippen molar-refractivity contribution in [3.8, 4) is 5.75 Å². The van der Waals surface area contributed by atoms with E-state index in [-0.39, 0.29) is 11.9 Å². The number of carbonyl (C=O) groups excluding carboxylic acids is 1. The van der Waals surface area contributed by atoms with Gasteiger partial charge in [-0.15, -0.1) is 0 Å². The van der Waals surface area contributed by atoms with Crippen LogP contribution in [0.2, 0.25) is 0 Å². The van der Waals surface area contributed by atoms with E-state index in [1.807, 2.05) is 44.2 Å². The molecular formula is C17H20N4O2. The Balaban J connectivity index is 1.77. The number of hydrogen-bond donors (Lipinski definition) is 1. The summed E-state index contributed by atoms with van der Waals surface area (Å²) in [4.78, 5) is 22.9. The number of hydrogen-bond acceptors (Lipinski definition) is 5. The molecule has 3 rings (SSSR count). The minimum Gasteiger partial charge on any atom is -0.495 e. The van der Waals surface area contributed by atoms with E-state index in [1.54, 1.807) is 12.0 Å². The number of benzene rings is 1. The first-order valence-electron chi connectivity index (χ1n) is 7.59. The SMILES string of the molecule is COc1ccccc1N1C[C@@H](Nc2nc(C)cc(C)n2)CC1=O. The van der Waals surface area contributed by atoms with Gasteiger partial charge in [-0.25, -0.2) is 9.97 Å². The van der Waals surface area contributed by atoms with Gasteiger partial charge in [-0.05, 0) is 32.0 Å². The van der Waals surface area contributed by atoms with E-state index >= 15 is 0 Å². The van der Waals surface area contributed by atoms with Crippen molar-refractivity contribution in [1.82, 2.24) is 9.97 Å². The number of aromatic nitrogens is 2. The Kier molecular flexibility index (Phi) is 4.14. The molecule has 2 aromatic rings. The van der Waals surface area contributed by atoms with Gasteiger partial charge in [0, 0.05) is 24.4 Å². The van der Waals surface area contributed by atoms with Crippen LogP contribution in [0.4, 0.5) is 11.6 Å². The van der Waals surface area contributed by atoms with Gasteiger partial charge in [0.05, 0.1) is 18.8 Å². The average Bonchev–Trinajstić information content (AvgIpc) is 2.86. The largest absolute Gasteiger partial charge is 0.495 e. The van der Waals surface area contributed by atoms with E-state index in [9.17, 15) is 4.79 Å². The molecule has 0 saturated carbocycles. The van der Waals surface area contributed by atoms with Gasteiger partial charge in [0.15, 0.2) is 0 Å². The Morgan fingerprint density at radius 2 is 1.91 bits per heavy atom. The average molecular weight is 312 g/mol. The molecule has 0 aliphatic carbocycles. The predicted molar refractivity (Wildman–Crippen MR) is 88.9 cm³/mol. The van der Waals surface area contributed by atoms with Crippen LogP contribution in [0, 0.1) is 13.8 Å². The third-order valence-corrected chi connectivity index (χ3v) is 3.82. The number of amides is 1. The monoisotopic (exact) mass is 312 g/mol. The fraction of sp³-hybridized carbons (Fsp3) is 0.353. The van der Waals surface area contributed by atoms with Crippen LogP contribution in [0.25, 0.3) is 0 Å². The summed E-state index contributed by atoms with van der Waals surface area (Å²) >= 11 is 0. The van der Waals surface area contributed by atoms with Crippen molar-refractivity contribution in [3.63, 3.8) is 0 Å². The molecule has 1 N–H and O–H groups in total. The van der Waals surface area contributed by atoms with Gasteiger partial charge >= 0.3 is 0 Å². The number of methoxy groups -OCH3 is 1. The lowest BCUT2D eigenvalue weighted by Crippen LogP contribution is -2.28. The molecule has 2 heterocycles. The minimum absolute atomic E-state index is 0.0198. The molecule has 1 aliphatic heterocycles. The van der Waals surface area contributed by atoms with Crippen LogP contribution < -0.4 is 15.0 Å². The second kappa shape index (κ2) is 6.24. The fourth-order valence-corrected chi connectivity index (χ4v) is 2.86. The van der Waals surface area contributed by atoms with Crippen LogP contribution in [-0.4, -0.2) is 35.6 Å². The lowest BCUT2D eigenvalue weighted by Gasteiger charge is -2.19. The van der Waals surface area contributed by atoms with Crippen molar-refractivity contribution in [2.24, 2.45) is 0 Å². The number of ether oxygens (including phenoxy) is 1. The Morgan fingerprint density at radius 1 is 1.22 bits per heavy atom. The number of para-hydroxylation sites is 2. The molecule has 0 unspecified atom stereocenters. The van der Waals surface area contributed by atoms with Crippen LogP contribution in [0.3, 0.4) is 0 Å². The molecule has 23 heavy (non-hydrogen) atoms. The number of carbonyl (C=O) groups is 1. The normalized spacial score (nSPS) is 17.4. The Morgan fingerprint density at radius 3 is 2.61 bits per heavy atom. The summed E-state index contributed by atoms with van der Waals surface area (Å²) in [6.07, 6.45) is 0.411. The maximum atomic E-state index is 12.4. The van der Waals surface area contributed by atoms with Gasteiger partial charge in [-0.3, -0.25) is 4.79 Å². The molecule has 6 nitrogen and oxygen atoms in total. The topological polar surface area (TPSA) is 67.3 Å². The molecule has 1 aromatic carbocycles.